The van der Waals surface area contributed by atoms with Gasteiger partial charge < -0.3 is 9.47 Å². The highest BCUT2D eigenvalue weighted by Crippen LogP contribution is 2.08. The standard InChI is InChI=1S/C11H17NO4/c1-3-9(10(13)15-4-2)11(14)16-8-6-5-7-12/h9H,3-6,8H2,1-2H3. The third-order valence-electron chi connectivity index (χ3n) is 1.94. The van der Waals surface area contributed by atoms with Crippen molar-refractivity contribution in [2.24, 2.45) is 5.92 Å². The van der Waals surface area contributed by atoms with Crippen LogP contribution >= 0.6 is 0 Å². The summed E-state index contributed by atoms with van der Waals surface area (Å²) in [5.74, 6) is -1.96. The molecule has 90 valence electrons. The molecule has 1 atom stereocenters. The van der Waals surface area contributed by atoms with E-state index in [2.05, 4.69) is 0 Å². The van der Waals surface area contributed by atoms with Gasteiger partial charge in [0.25, 0.3) is 0 Å². The summed E-state index contributed by atoms with van der Waals surface area (Å²) in [6, 6.07) is 1.94. The molecule has 5 nitrogen and oxygen atoms in total. The first-order chi connectivity index (χ1) is 7.67. The number of ether oxygens (including phenoxy) is 2. The van der Waals surface area contributed by atoms with Crippen molar-refractivity contribution in [2.75, 3.05) is 13.2 Å². The highest BCUT2D eigenvalue weighted by molar-refractivity contribution is 5.94. The van der Waals surface area contributed by atoms with Gasteiger partial charge in [0.1, 0.15) is 0 Å². The Hall–Kier alpha value is -1.57. The number of carbonyl (C=O) groups excluding carboxylic acids is 2. The Morgan fingerprint density at radius 2 is 1.88 bits per heavy atom. The van der Waals surface area contributed by atoms with Gasteiger partial charge in [-0.3, -0.25) is 9.59 Å². The minimum absolute atomic E-state index is 0.169. The van der Waals surface area contributed by atoms with E-state index in [9.17, 15) is 9.59 Å². The molecule has 0 aromatic heterocycles. The molecule has 0 radical (unpaired) electrons. The molecule has 16 heavy (non-hydrogen) atoms. The van der Waals surface area contributed by atoms with Gasteiger partial charge in [0, 0.05) is 6.42 Å². The minimum atomic E-state index is -0.845. The van der Waals surface area contributed by atoms with E-state index in [1.54, 1.807) is 13.8 Å². The second-order valence-corrected chi connectivity index (χ2v) is 3.14. The lowest BCUT2D eigenvalue weighted by molar-refractivity contribution is -0.162. The Bertz CT molecular complexity index is 270. The van der Waals surface area contributed by atoms with Crippen molar-refractivity contribution in [1.29, 1.82) is 5.26 Å². The molecule has 0 aromatic rings. The Morgan fingerprint density at radius 1 is 1.25 bits per heavy atom. The molecule has 0 amide bonds. The molecular formula is C11H17NO4. The van der Waals surface area contributed by atoms with Gasteiger partial charge in [-0.1, -0.05) is 6.92 Å². The summed E-state index contributed by atoms with van der Waals surface area (Å²) in [5.41, 5.74) is 0. The van der Waals surface area contributed by atoms with Crippen molar-refractivity contribution in [3.8, 4) is 6.07 Å². The number of unbranched alkanes of at least 4 members (excludes halogenated alkanes) is 1. The van der Waals surface area contributed by atoms with Crippen molar-refractivity contribution >= 4 is 11.9 Å². The summed E-state index contributed by atoms with van der Waals surface area (Å²) in [6.45, 7) is 3.82. The van der Waals surface area contributed by atoms with Crippen LogP contribution < -0.4 is 0 Å². The average molecular weight is 227 g/mol. The maximum absolute atomic E-state index is 11.4. The SMILES string of the molecule is CCOC(=O)C(CC)C(=O)OCCCC#N. The van der Waals surface area contributed by atoms with E-state index in [-0.39, 0.29) is 13.2 Å². The van der Waals surface area contributed by atoms with Crippen molar-refractivity contribution < 1.29 is 19.1 Å². The first-order valence-electron chi connectivity index (χ1n) is 5.37. The lowest BCUT2D eigenvalue weighted by Crippen LogP contribution is -2.27. The number of carbonyl (C=O) groups is 2. The van der Waals surface area contributed by atoms with Crippen LogP contribution in [0.4, 0.5) is 0 Å². The number of hydrogen-bond donors (Lipinski definition) is 0. The topological polar surface area (TPSA) is 76.4 Å². The van der Waals surface area contributed by atoms with Crippen molar-refractivity contribution in [2.45, 2.75) is 33.1 Å². The average Bonchev–Trinajstić information content (AvgIpc) is 2.26. The number of hydrogen-bond acceptors (Lipinski definition) is 5. The normalized spacial score (nSPS) is 11.3. The molecular weight excluding hydrogens is 210 g/mol. The predicted molar refractivity (Wildman–Crippen MR) is 56.2 cm³/mol. The molecule has 0 saturated heterocycles. The van der Waals surface area contributed by atoms with Crippen LogP contribution in [0.15, 0.2) is 0 Å². The predicted octanol–water partition coefficient (Wildman–Crippen LogP) is 1.42. The van der Waals surface area contributed by atoms with Gasteiger partial charge in [-0.05, 0) is 19.8 Å². The second-order valence-electron chi connectivity index (χ2n) is 3.14. The highest BCUT2D eigenvalue weighted by Gasteiger charge is 2.27. The van der Waals surface area contributed by atoms with E-state index in [1.807, 2.05) is 6.07 Å². The van der Waals surface area contributed by atoms with Gasteiger partial charge in [-0.15, -0.1) is 0 Å². The third-order valence-corrected chi connectivity index (χ3v) is 1.94. The smallest absolute Gasteiger partial charge is 0.320 e. The van der Waals surface area contributed by atoms with Crippen LogP contribution in [0.1, 0.15) is 33.1 Å². The van der Waals surface area contributed by atoms with Crippen LogP contribution in [0.25, 0.3) is 0 Å². The lowest BCUT2D eigenvalue weighted by Gasteiger charge is -2.12. The van der Waals surface area contributed by atoms with Gasteiger partial charge in [0.05, 0.1) is 19.3 Å². The zero-order valence-corrected chi connectivity index (χ0v) is 9.69. The molecule has 1 unspecified atom stereocenters. The number of esters is 2. The van der Waals surface area contributed by atoms with Crippen LogP contribution in [0, 0.1) is 17.2 Å². The third kappa shape index (κ3) is 5.35. The van der Waals surface area contributed by atoms with E-state index in [0.29, 0.717) is 19.3 Å². The zero-order valence-electron chi connectivity index (χ0n) is 9.69. The minimum Gasteiger partial charge on any atom is -0.465 e. The number of rotatable bonds is 7. The fraction of sp³-hybridized carbons (Fsp3) is 0.727. The molecule has 0 aliphatic heterocycles. The van der Waals surface area contributed by atoms with Gasteiger partial charge in [0.15, 0.2) is 5.92 Å². The first kappa shape index (κ1) is 14.4. The molecule has 0 aliphatic carbocycles. The Kier molecular flexibility index (Phi) is 7.86. The summed E-state index contributed by atoms with van der Waals surface area (Å²) in [5, 5.41) is 8.28. The second kappa shape index (κ2) is 8.72. The summed E-state index contributed by atoms with van der Waals surface area (Å²) in [7, 11) is 0. The fourth-order valence-electron chi connectivity index (χ4n) is 1.10. The van der Waals surface area contributed by atoms with Crippen molar-refractivity contribution in [3.05, 3.63) is 0 Å². The Morgan fingerprint density at radius 3 is 2.38 bits per heavy atom. The van der Waals surface area contributed by atoms with E-state index in [0.717, 1.165) is 0 Å². The zero-order chi connectivity index (χ0) is 12.4. The van der Waals surface area contributed by atoms with Crippen LogP contribution in [0.3, 0.4) is 0 Å². The van der Waals surface area contributed by atoms with E-state index in [4.69, 9.17) is 14.7 Å². The van der Waals surface area contributed by atoms with Gasteiger partial charge in [-0.2, -0.15) is 5.26 Å². The molecule has 0 saturated carbocycles. The van der Waals surface area contributed by atoms with E-state index < -0.39 is 17.9 Å². The maximum Gasteiger partial charge on any atom is 0.320 e. The quantitative estimate of drug-likeness (QED) is 0.373. The molecule has 0 N–H and O–H groups in total. The van der Waals surface area contributed by atoms with Gasteiger partial charge in [0.2, 0.25) is 0 Å². The molecule has 0 aliphatic rings. The number of nitrogens with zero attached hydrogens (tertiary/aromatic N) is 1. The van der Waals surface area contributed by atoms with Crippen molar-refractivity contribution in [3.63, 3.8) is 0 Å². The van der Waals surface area contributed by atoms with Crippen LogP contribution in [-0.4, -0.2) is 25.2 Å². The van der Waals surface area contributed by atoms with E-state index in [1.165, 1.54) is 0 Å². The molecule has 0 bridgehead atoms. The molecule has 0 rings (SSSR count). The maximum atomic E-state index is 11.4. The summed E-state index contributed by atoms with van der Waals surface area (Å²) in [6.07, 6.45) is 1.18. The largest absolute Gasteiger partial charge is 0.465 e. The van der Waals surface area contributed by atoms with Gasteiger partial charge in [-0.25, -0.2) is 0 Å². The Balaban J connectivity index is 4.01. The summed E-state index contributed by atoms with van der Waals surface area (Å²) >= 11 is 0. The molecule has 5 heteroatoms. The first-order valence-corrected chi connectivity index (χ1v) is 5.37. The fourth-order valence-corrected chi connectivity index (χ4v) is 1.10. The molecule has 0 aromatic carbocycles. The Labute approximate surface area is 95.3 Å². The summed E-state index contributed by atoms with van der Waals surface area (Å²) < 4.78 is 9.63. The van der Waals surface area contributed by atoms with Crippen LogP contribution in [0.2, 0.25) is 0 Å². The number of nitriles is 1. The van der Waals surface area contributed by atoms with E-state index >= 15 is 0 Å². The lowest BCUT2D eigenvalue weighted by atomic mass is 10.1. The summed E-state index contributed by atoms with van der Waals surface area (Å²) in [4.78, 5) is 22.8. The highest BCUT2D eigenvalue weighted by atomic mass is 16.6. The van der Waals surface area contributed by atoms with Gasteiger partial charge >= 0.3 is 11.9 Å². The monoisotopic (exact) mass is 227 g/mol. The van der Waals surface area contributed by atoms with Crippen LogP contribution in [-0.2, 0) is 19.1 Å². The molecule has 0 spiro atoms. The van der Waals surface area contributed by atoms with Crippen LogP contribution in [0.5, 0.6) is 0 Å². The van der Waals surface area contributed by atoms with Crippen molar-refractivity contribution in [1.82, 2.24) is 0 Å². The molecule has 0 heterocycles. The molecule has 0 fully saturated rings.